The summed E-state index contributed by atoms with van der Waals surface area (Å²) in [5.74, 6) is -0.133. The Morgan fingerprint density at radius 1 is 1.33 bits per heavy atom. The minimum atomic E-state index is -0.256. The molecule has 0 unspecified atom stereocenters. The molecular formula is C15H15FN4O. The molecule has 2 saturated heterocycles. The first-order valence-electron chi connectivity index (χ1n) is 7.03. The fourth-order valence-corrected chi connectivity index (χ4v) is 3.27. The van der Waals surface area contributed by atoms with Gasteiger partial charge in [-0.25, -0.2) is 4.39 Å². The lowest BCUT2D eigenvalue weighted by Gasteiger charge is -2.26. The Balaban J connectivity index is 1.58. The second-order valence-corrected chi connectivity index (χ2v) is 5.66. The van der Waals surface area contributed by atoms with Gasteiger partial charge in [0.15, 0.2) is 0 Å². The van der Waals surface area contributed by atoms with Gasteiger partial charge in [0.25, 0.3) is 0 Å². The van der Waals surface area contributed by atoms with E-state index in [2.05, 4.69) is 20.4 Å². The van der Waals surface area contributed by atoms with E-state index in [0.717, 1.165) is 29.8 Å². The zero-order valence-electron chi connectivity index (χ0n) is 11.3. The monoisotopic (exact) mass is 286 g/mol. The molecule has 6 heteroatoms. The summed E-state index contributed by atoms with van der Waals surface area (Å²) >= 11 is 0. The predicted octanol–water partition coefficient (Wildman–Crippen LogP) is 1.29. The molecule has 2 N–H and O–H groups in total. The van der Waals surface area contributed by atoms with Crippen LogP contribution in [-0.4, -0.2) is 39.6 Å². The number of aromatic nitrogens is 2. The van der Waals surface area contributed by atoms with Crippen molar-refractivity contribution in [2.24, 2.45) is 0 Å². The number of amides is 1. The van der Waals surface area contributed by atoms with Gasteiger partial charge in [0.1, 0.15) is 5.82 Å². The summed E-state index contributed by atoms with van der Waals surface area (Å²) in [4.78, 5) is 13.9. The number of fused-ring (bicyclic) bond motifs is 2. The molecular weight excluding hydrogens is 271 g/mol. The van der Waals surface area contributed by atoms with E-state index >= 15 is 0 Å². The van der Waals surface area contributed by atoms with Crippen LogP contribution in [-0.2, 0) is 11.3 Å². The van der Waals surface area contributed by atoms with Gasteiger partial charge in [0.05, 0.1) is 17.9 Å². The van der Waals surface area contributed by atoms with E-state index < -0.39 is 0 Å². The van der Waals surface area contributed by atoms with Gasteiger partial charge >= 0.3 is 0 Å². The highest BCUT2D eigenvalue weighted by atomic mass is 19.1. The topological polar surface area (TPSA) is 61.0 Å². The molecule has 108 valence electrons. The first-order chi connectivity index (χ1) is 10.2. The fourth-order valence-electron chi connectivity index (χ4n) is 3.27. The summed E-state index contributed by atoms with van der Waals surface area (Å²) in [6.45, 7) is 1.56. The predicted molar refractivity (Wildman–Crippen MR) is 74.7 cm³/mol. The lowest BCUT2D eigenvalue weighted by molar-refractivity contribution is -0.125. The first kappa shape index (κ1) is 12.5. The molecule has 21 heavy (non-hydrogen) atoms. The summed E-state index contributed by atoms with van der Waals surface area (Å²) in [6.07, 6.45) is 2.67. The average molecular weight is 286 g/mol. The third-order valence-corrected chi connectivity index (χ3v) is 4.28. The minimum Gasteiger partial charge on any atom is -0.351 e. The van der Waals surface area contributed by atoms with Crippen molar-refractivity contribution in [2.75, 3.05) is 6.54 Å². The van der Waals surface area contributed by atoms with E-state index in [1.807, 2.05) is 0 Å². The standard InChI is InChI=1S/C15H15FN4O/c16-11-3-1-9(2-4-11)14-10(6-17-19-14)7-20-8-12-5-13(20)15(21)18-12/h1-4,6,12-13H,5,7-8H2,(H,17,19)(H,18,21)/t12-,13-/m0/s1. The summed E-state index contributed by atoms with van der Waals surface area (Å²) in [7, 11) is 0. The molecule has 1 aromatic carbocycles. The quantitative estimate of drug-likeness (QED) is 0.894. The number of hydrogen-bond donors (Lipinski definition) is 2. The number of hydrogen-bond acceptors (Lipinski definition) is 3. The molecule has 2 fully saturated rings. The molecule has 1 aromatic heterocycles. The third-order valence-electron chi connectivity index (χ3n) is 4.28. The van der Waals surface area contributed by atoms with Crippen molar-refractivity contribution in [3.05, 3.63) is 41.8 Å². The van der Waals surface area contributed by atoms with E-state index in [9.17, 15) is 9.18 Å². The fraction of sp³-hybridized carbons (Fsp3) is 0.333. The maximum absolute atomic E-state index is 13.0. The van der Waals surface area contributed by atoms with Crippen LogP contribution < -0.4 is 5.32 Å². The Kier molecular flexibility index (Phi) is 2.78. The Bertz CT molecular complexity index is 681. The van der Waals surface area contributed by atoms with E-state index in [-0.39, 0.29) is 23.8 Å². The Morgan fingerprint density at radius 3 is 2.86 bits per heavy atom. The number of carbonyl (C=O) groups excluding carboxylic acids is 1. The minimum absolute atomic E-state index is 0.0223. The van der Waals surface area contributed by atoms with Crippen LogP contribution in [0.3, 0.4) is 0 Å². The van der Waals surface area contributed by atoms with Crippen LogP contribution in [0, 0.1) is 5.82 Å². The average Bonchev–Trinajstić information content (AvgIpc) is 3.15. The van der Waals surface area contributed by atoms with Crippen LogP contribution >= 0.6 is 0 Å². The molecule has 5 nitrogen and oxygen atoms in total. The molecule has 3 heterocycles. The number of aromatic amines is 1. The first-order valence-corrected chi connectivity index (χ1v) is 7.03. The molecule has 1 amide bonds. The molecule has 2 atom stereocenters. The lowest BCUT2D eigenvalue weighted by Crippen LogP contribution is -2.47. The molecule has 4 rings (SSSR count). The van der Waals surface area contributed by atoms with Gasteiger partial charge < -0.3 is 5.32 Å². The molecule has 2 aromatic rings. The molecule has 0 radical (unpaired) electrons. The maximum atomic E-state index is 13.0. The van der Waals surface area contributed by atoms with Gasteiger partial charge in [-0.1, -0.05) is 0 Å². The van der Waals surface area contributed by atoms with Gasteiger partial charge in [0, 0.05) is 30.3 Å². The van der Waals surface area contributed by atoms with Crippen LogP contribution in [0.4, 0.5) is 4.39 Å². The molecule has 2 aliphatic heterocycles. The normalized spacial score (nSPS) is 24.5. The number of rotatable bonds is 3. The van der Waals surface area contributed by atoms with Crippen molar-refractivity contribution in [1.29, 1.82) is 0 Å². The number of H-pyrrole nitrogens is 1. The second-order valence-electron chi connectivity index (χ2n) is 5.66. The second kappa shape index (κ2) is 4.66. The molecule has 0 saturated carbocycles. The largest absolute Gasteiger partial charge is 0.351 e. The molecule has 0 spiro atoms. The van der Waals surface area contributed by atoms with Crippen LogP contribution in [0.1, 0.15) is 12.0 Å². The SMILES string of the molecule is O=C1N[C@H]2C[C@@H]1N(Cc1cn[nH]c1-c1ccc(F)cc1)C2. The summed E-state index contributed by atoms with van der Waals surface area (Å²) < 4.78 is 13.0. The van der Waals surface area contributed by atoms with Crippen LogP contribution in [0.2, 0.25) is 0 Å². The van der Waals surface area contributed by atoms with Crippen molar-refractivity contribution in [3.63, 3.8) is 0 Å². The zero-order chi connectivity index (χ0) is 14.4. The Morgan fingerprint density at radius 2 is 2.14 bits per heavy atom. The van der Waals surface area contributed by atoms with Gasteiger partial charge in [-0.2, -0.15) is 5.10 Å². The highest BCUT2D eigenvalue weighted by Crippen LogP contribution is 2.29. The Hall–Kier alpha value is -2.21. The highest BCUT2D eigenvalue weighted by molar-refractivity contribution is 5.85. The van der Waals surface area contributed by atoms with E-state index in [1.165, 1.54) is 12.1 Å². The highest BCUT2D eigenvalue weighted by Gasteiger charge is 2.43. The third kappa shape index (κ3) is 2.12. The number of nitrogens with zero attached hydrogens (tertiary/aromatic N) is 2. The lowest BCUT2D eigenvalue weighted by atomic mass is 10.1. The molecule has 2 bridgehead atoms. The number of piperazine rings is 1. The van der Waals surface area contributed by atoms with Gasteiger partial charge in [-0.3, -0.25) is 14.8 Å². The number of halogens is 1. The number of carbonyl (C=O) groups is 1. The van der Waals surface area contributed by atoms with Crippen molar-refractivity contribution in [2.45, 2.75) is 25.0 Å². The number of likely N-dealkylation sites (tertiary alicyclic amines) is 1. The smallest absolute Gasteiger partial charge is 0.237 e. The van der Waals surface area contributed by atoms with Crippen molar-refractivity contribution < 1.29 is 9.18 Å². The summed E-state index contributed by atoms with van der Waals surface area (Å²) in [6, 6.07) is 6.59. The summed E-state index contributed by atoms with van der Waals surface area (Å²) in [5, 5.41) is 10.0. The van der Waals surface area contributed by atoms with E-state index in [4.69, 9.17) is 0 Å². The van der Waals surface area contributed by atoms with Crippen LogP contribution in [0.5, 0.6) is 0 Å². The molecule has 0 aliphatic carbocycles. The van der Waals surface area contributed by atoms with Crippen molar-refractivity contribution in [1.82, 2.24) is 20.4 Å². The van der Waals surface area contributed by atoms with E-state index in [1.54, 1.807) is 18.3 Å². The van der Waals surface area contributed by atoms with Gasteiger partial charge in [-0.15, -0.1) is 0 Å². The van der Waals surface area contributed by atoms with Gasteiger partial charge in [0.2, 0.25) is 5.91 Å². The zero-order valence-corrected chi connectivity index (χ0v) is 11.3. The Labute approximate surface area is 121 Å². The maximum Gasteiger partial charge on any atom is 0.237 e. The van der Waals surface area contributed by atoms with Crippen molar-refractivity contribution >= 4 is 5.91 Å². The number of benzene rings is 1. The van der Waals surface area contributed by atoms with Crippen LogP contribution in [0.15, 0.2) is 30.5 Å². The molecule has 2 aliphatic rings. The van der Waals surface area contributed by atoms with Gasteiger partial charge in [-0.05, 0) is 30.7 Å². The van der Waals surface area contributed by atoms with Crippen LogP contribution in [0.25, 0.3) is 11.3 Å². The van der Waals surface area contributed by atoms with E-state index in [0.29, 0.717) is 6.54 Å². The summed E-state index contributed by atoms with van der Waals surface area (Å²) in [5.41, 5.74) is 2.82. The van der Waals surface area contributed by atoms with Crippen molar-refractivity contribution in [3.8, 4) is 11.3 Å². The number of nitrogens with one attached hydrogen (secondary N) is 2.